The number of morpholine rings is 1. The molecule has 0 aliphatic carbocycles. The SMILES string of the molecule is N#Cc1ccccc1OCC(=O)Nc1ccc(N2CCOCC2)nc1. The zero-order valence-corrected chi connectivity index (χ0v) is 13.6. The second-order valence-electron chi connectivity index (χ2n) is 5.45. The molecule has 1 aliphatic heterocycles. The van der Waals surface area contributed by atoms with Gasteiger partial charge in [-0.3, -0.25) is 4.79 Å². The van der Waals surface area contributed by atoms with E-state index in [0.29, 0.717) is 30.2 Å². The van der Waals surface area contributed by atoms with E-state index in [1.165, 1.54) is 0 Å². The Morgan fingerprint density at radius 3 is 2.80 bits per heavy atom. The van der Waals surface area contributed by atoms with E-state index in [2.05, 4.69) is 15.2 Å². The summed E-state index contributed by atoms with van der Waals surface area (Å²) in [6.07, 6.45) is 1.62. The lowest BCUT2D eigenvalue weighted by Gasteiger charge is -2.27. The van der Waals surface area contributed by atoms with Crippen molar-refractivity contribution in [3.05, 3.63) is 48.2 Å². The van der Waals surface area contributed by atoms with E-state index in [9.17, 15) is 4.79 Å². The first-order chi connectivity index (χ1) is 12.3. The van der Waals surface area contributed by atoms with Crippen molar-refractivity contribution in [3.8, 4) is 11.8 Å². The number of carbonyl (C=O) groups is 1. The lowest BCUT2D eigenvalue weighted by atomic mass is 10.2. The molecule has 2 aromatic rings. The van der Waals surface area contributed by atoms with Gasteiger partial charge in [0.05, 0.1) is 30.7 Å². The maximum absolute atomic E-state index is 12.0. The average Bonchev–Trinajstić information content (AvgIpc) is 2.68. The van der Waals surface area contributed by atoms with Crippen LogP contribution in [0.4, 0.5) is 11.5 Å². The van der Waals surface area contributed by atoms with Crippen LogP contribution in [0, 0.1) is 11.3 Å². The van der Waals surface area contributed by atoms with Crippen LogP contribution in [0.2, 0.25) is 0 Å². The van der Waals surface area contributed by atoms with E-state index in [1.54, 1.807) is 36.5 Å². The molecular formula is C18H18N4O3. The number of nitrogens with zero attached hydrogens (tertiary/aromatic N) is 3. The molecule has 7 nitrogen and oxygen atoms in total. The smallest absolute Gasteiger partial charge is 0.262 e. The molecule has 1 saturated heterocycles. The Labute approximate surface area is 145 Å². The van der Waals surface area contributed by atoms with Gasteiger partial charge in [0, 0.05) is 13.1 Å². The van der Waals surface area contributed by atoms with Gasteiger partial charge in [0.1, 0.15) is 17.6 Å². The van der Waals surface area contributed by atoms with Gasteiger partial charge in [-0.15, -0.1) is 0 Å². The molecule has 7 heteroatoms. The summed E-state index contributed by atoms with van der Waals surface area (Å²) in [5, 5.41) is 11.7. The Hall–Kier alpha value is -3.11. The average molecular weight is 338 g/mol. The fourth-order valence-corrected chi connectivity index (χ4v) is 2.46. The Morgan fingerprint density at radius 2 is 2.08 bits per heavy atom. The molecule has 2 heterocycles. The van der Waals surface area contributed by atoms with Crippen molar-refractivity contribution in [1.29, 1.82) is 5.26 Å². The van der Waals surface area contributed by atoms with Crippen LogP contribution in [0.3, 0.4) is 0 Å². The summed E-state index contributed by atoms with van der Waals surface area (Å²) in [7, 11) is 0. The maximum atomic E-state index is 12.0. The molecular weight excluding hydrogens is 320 g/mol. The van der Waals surface area contributed by atoms with Gasteiger partial charge in [-0.1, -0.05) is 12.1 Å². The first-order valence-corrected chi connectivity index (χ1v) is 7.97. The van der Waals surface area contributed by atoms with Crippen LogP contribution in [0.5, 0.6) is 5.75 Å². The van der Waals surface area contributed by atoms with Crippen LogP contribution in [-0.4, -0.2) is 43.8 Å². The molecule has 25 heavy (non-hydrogen) atoms. The van der Waals surface area contributed by atoms with Gasteiger partial charge in [0.2, 0.25) is 0 Å². The van der Waals surface area contributed by atoms with Crippen molar-refractivity contribution in [1.82, 2.24) is 4.98 Å². The number of nitriles is 1. The Bertz CT molecular complexity index is 765. The van der Waals surface area contributed by atoms with Gasteiger partial charge in [-0.2, -0.15) is 5.26 Å². The minimum absolute atomic E-state index is 0.177. The minimum atomic E-state index is -0.311. The van der Waals surface area contributed by atoms with Crippen LogP contribution in [0.25, 0.3) is 0 Å². The van der Waals surface area contributed by atoms with Crippen LogP contribution in [0.1, 0.15) is 5.56 Å². The quantitative estimate of drug-likeness (QED) is 0.894. The molecule has 1 aromatic heterocycles. The van der Waals surface area contributed by atoms with E-state index in [-0.39, 0.29) is 12.5 Å². The second kappa shape index (κ2) is 8.13. The number of ether oxygens (including phenoxy) is 2. The highest BCUT2D eigenvalue weighted by molar-refractivity contribution is 5.91. The molecule has 0 radical (unpaired) electrons. The minimum Gasteiger partial charge on any atom is -0.482 e. The number of amides is 1. The first kappa shape index (κ1) is 16.7. The lowest BCUT2D eigenvalue weighted by Crippen LogP contribution is -2.36. The van der Waals surface area contributed by atoms with E-state index in [4.69, 9.17) is 14.7 Å². The lowest BCUT2D eigenvalue weighted by molar-refractivity contribution is -0.118. The highest BCUT2D eigenvalue weighted by Crippen LogP contribution is 2.17. The van der Waals surface area contributed by atoms with Crippen molar-refractivity contribution < 1.29 is 14.3 Å². The van der Waals surface area contributed by atoms with Gasteiger partial charge in [-0.25, -0.2) is 4.98 Å². The molecule has 1 amide bonds. The zero-order valence-electron chi connectivity index (χ0n) is 13.6. The number of hydrogen-bond donors (Lipinski definition) is 1. The van der Waals surface area contributed by atoms with Gasteiger partial charge >= 0.3 is 0 Å². The highest BCUT2D eigenvalue weighted by Gasteiger charge is 2.12. The molecule has 0 saturated carbocycles. The van der Waals surface area contributed by atoms with E-state index < -0.39 is 0 Å². The van der Waals surface area contributed by atoms with Crippen LogP contribution in [-0.2, 0) is 9.53 Å². The molecule has 0 bridgehead atoms. The molecule has 1 aromatic carbocycles. The van der Waals surface area contributed by atoms with Crippen molar-refractivity contribution >= 4 is 17.4 Å². The molecule has 128 valence electrons. The number of benzene rings is 1. The van der Waals surface area contributed by atoms with Gasteiger partial charge in [0.15, 0.2) is 6.61 Å². The third-order valence-electron chi connectivity index (χ3n) is 3.73. The summed E-state index contributed by atoms with van der Waals surface area (Å²) in [5.74, 6) is 0.940. The van der Waals surface area contributed by atoms with Crippen molar-refractivity contribution in [2.24, 2.45) is 0 Å². The standard InChI is InChI=1S/C18H18N4O3/c19-11-14-3-1-2-4-16(14)25-13-18(23)21-15-5-6-17(20-12-15)22-7-9-24-10-8-22/h1-6,12H,7-10,13H2,(H,21,23). The maximum Gasteiger partial charge on any atom is 0.262 e. The summed E-state index contributed by atoms with van der Waals surface area (Å²) >= 11 is 0. The number of rotatable bonds is 5. The molecule has 0 atom stereocenters. The van der Waals surface area contributed by atoms with Crippen LogP contribution in [0.15, 0.2) is 42.6 Å². The Kier molecular flexibility index (Phi) is 5.44. The number of anilines is 2. The van der Waals surface area contributed by atoms with Crippen molar-refractivity contribution in [3.63, 3.8) is 0 Å². The summed E-state index contributed by atoms with van der Waals surface area (Å²) in [6, 6.07) is 12.5. The monoisotopic (exact) mass is 338 g/mol. The van der Waals surface area contributed by atoms with Crippen LogP contribution >= 0.6 is 0 Å². The fourth-order valence-electron chi connectivity index (χ4n) is 2.46. The largest absolute Gasteiger partial charge is 0.482 e. The number of aromatic nitrogens is 1. The van der Waals surface area contributed by atoms with Crippen LogP contribution < -0.4 is 15.0 Å². The molecule has 0 spiro atoms. The molecule has 1 N–H and O–H groups in total. The molecule has 1 aliphatic rings. The van der Waals surface area contributed by atoms with E-state index >= 15 is 0 Å². The number of carbonyl (C=O) groups excluding carboxylic acids is 1. The van der Waals surface area contributed by atoms with E-state index in [0.717, 1.165) is 18.9 Å². The summed E-state index contributed by atoms with van der Waals surface area (Å²) < 4.78 is 10.7. The number of pyridine rings is 1. The van der Waals surface area contributed by atoms with Gasteiger partial charge in [-0.05, 0) is 24.3 Å². The molecule has 0 unspecified atom stereocenters. The fraction of sp³-hybridized carbons (Fsp3) is 0.278. The summed E-state index contributed by atoms with van der Waals surface area (Å²) in [6.45, 7) is 2.84. The molecule has 3 rings (SSSR count). The predicted octanol–water partition coefficient (Wildman–Crippen LogP) is 1.81. The zero-order chi connectivity index (χ0) is 17.5. The topological polar surface area (TPSA) is 87.5 Å². The summed E-state index contributed by atoms with van der Waals surface area (Å²) in [5.41, 5.74) is 0.992. The first-order valence-electron chi connectivity index (χ1n) is 7.97. The van der Waals surface area contributed by atoms with Crippen molar-refractivity contribution in [2.45, 2.75) is 0 Å². The van der Waals surface area contributed by atoms with E-state index in [1.807, 2.05) is 12.1 Å². The van der Waals surface area contributed by atoms with Gasteiger partial charge in [0.25, 0.3) is 5.91 Å². The number of para-hydroxylation sites is 1. The number of hydrogen-bond acceptors (Lipinski definition) is 6. The molecule has 1 fully saturated rings. The Morgan fingerprint density at radius 1 is 1.28 bits per heavy atom. The third-order valence-corrected chi connectivity index (χ3v) is 3.73. The third kappa shape index (κ3) is 4.46. The predicted molar refractivity (Wildman–Crippen MR) is 92.6 cm³/mol. The van der Waals surface area contributed by atoms with Gasteiger partial charge < -0.3 is 19.7 Å². The highest BCUT2D eigenvalue weighted by atomic mass is 16.5. The normalized spacial score (nSPS) is 13.8. The summed E-state index contributed by atoms with van der Waals surface area (Å²) in [4.78, 5) is 18.5. The second-order valence-corrected chi connectivity index (χ2v) is 5.45. The van der Waals surface area contributed by atoms with Crippen molar-refractivity contribution in [2.75, 3.05) is 43.1 Å². The number of nitrogens with one attached hydrogen (secondary N) is 1. The Balaban J connectivity index is 1.53.